The Bertz CT molecular complexity index is 889. The fraction of sp³-hybridized carbons (Fsp3) is 0.458. The van der Waals surface area contributed by atoms with Crippen molar-refractivity contribution in [2.45, 2.75) is 32.0 Å². The summed E-state index contributed by atoms with van der Waals surface area (Å²) < 4.78 is 43.7. The zero-order valence-electron chi connectivity index (χ0n) is 17.6. The maximum Gasteiger partial charge on any atom is 0.416 e. The third-order valence-electron chi connectivity index (χ3n) is 6.10. The summed E-state index contributed by atoms with van der Waals surface area (Å²) in [5.41, 5.74) is 1.39. The molecule has 0 spiro atoms. The molecular formula is C24H27F3N2O2. The Kier molecular flexibility index (Phi) is 6.23. The van der Waals surface area contributed by atoms with Crippen LogP contribution in [0.3, 0.4) is 0 Å². The van der Waals surface area contributed by atoms with Crippen molar-refractivity contribution >= 4 is 5.91 Å². The molecule has 7 heteroatoms. The van der Waals surface area contributed by atoms with E-state index in [0.717, 1.165) is 49.5 Å². The van der Waals surface area contributed by atoms with Crippen LogP contribution >= 0.6 is 0 Å². The number of carbonyl (C=O) groups excluding carboxylic acids is 1. The van der Waals surface area contributed by atoms with Crippen molar-refractivity contribution in [3.63, 3.8) is 0 Å². The molecule has 4 rings (SSSR count). The van der Waals surface area contributed by atoms with E-state index in [1.807, 2.05) is 24.0 Å². The highest BCUT2D eigenvalue weighted by molar-refractivity contribution is 5.83. The van der Waals surface area contributed by atoms with Gasteiger partial charge in [0.15, 0.2) is 0 Å². The fourth-order valence-corrected chi connectivity index (χ4v) is 4.23. The molecule has 166 valence electrons. The SMILES string of the molecule is CCOc1ccc(CN2CCN(C(=O)C3CC3c3ccc(C(F)(F)F)cc3)CC2)cc1. The molecule has 2 fully saturated rings. The Hall–Kier alpha value is -2.54. The minimum absolute atomic E-state index is 0.0386. The van der Waals surface area contributed by atoms with Crippen molar-refractivity contribution in [1.82, 2.24) is 9.80 Å². The van der Waals surface area contributed by atoms with E-state index >= 15 is 0 Å². The Labute approximate surface area is 180 Å². The molecule has 1 saturated carbocycles. The number of carbonyl (C=O) groups is 1. The Morgan fingerprint density at radius 3 is 2.23 bits per heavy atom. The van der Waals surface area contributed by atoms with Crippen molar-refractivity contribution in [2.24, 2.45) is 5.92 Å². The molecule has 2 aromatic carbocycles. The maximum absolute atomic E-state index is 12.8. The summed E-state index contributed by atoms with van der Waals surface area (Å²) in [4.78, 5) is 17.1. The summed E-state index contributed by atoms with van der Waals surface area (Å²) in [7, 11) is 0. The lowest BCUT2D eigenvalue weighted by Crippen LogP contribution is -2.48. The number of benzene rings is 2. The number of rotatable bonds is 6. The molecule has 2 unspecified atom stereocenters. The van der Waals surface area contributed by atoms with E-state index in [-0.39, 0.29) is 17.7 Å². The summed E-state index contributed by atoms with van der Waals surface area (Å²) >= 11 is 0. The lowest BCUT2D eigenvalue weighted by molar-refractivity contribution is -0.137. The van der Waals surface area contributed by atoms with E-state index in [2.05, 4.69) is 17.0 Å². The lowest BCUT2D eigenvalue weighted by atomic mass is 10.1. The maximum atomic E-state index is 12.8. The number of hydrogen-bond donors (Lipinski definition) is 0. The van der Waals surface area contributed by atoms with Crippen LogP contribution in [0.1, 0.15) is 36.0 Å². The van der Waals surface area contributed by atoms with E-state index in [9.17, 15) is 18.0 Å². The van der Waals surface area contributed by atoms with Gasteiger partial charge in [0.2, 0.25) is 5.91 Å². The molecule has 1 aliphatic carbocycles. The average Bonchev–Trinajstić information content (AvgIpc) is 3.56. The molecule has 0 N–H and O–H groups in total. The number of amides is 1. The van der Waals surface area contributed by atoms with Gasteiger partial charge in [-0.1, -0.05) is 24.3 Å². The second-order valence-corrected chi connectivity index (χ2v) is 8.25. The first-order valence-corrected chi connectivity index (χ1v) is 10.7. The van der Waals surface area contributed by atoms with Crippen LogP contribution in [0.5, 0.6) is 5.75 Å². The van der Waals surface area contributed by atoms with Crippen LogP contribution in [0.15, 0.2) is 48.5 Å². The van der Waals surface area contributed by atoms with Gasteiger partial charge in [-0.2, -0.15) is 13.2 Å². The highest BCUT2D eigenvalue weighted by Crippen LogP contribution is 2.49. The van der Waals surface area contributed by atoms with Crippen LogP contribution in [0.4, 0.5) is 13.2 Å². The Balaban J connectivity index is 1.25. The normalized spacial score (nSPS) is 21.7. The molecule has 4 nitrogen and oxygen atoms in total. The van der Waals surface area contributed by atoms with Crippen LogP contribution < -0.4 is 4.74 Å². The summed E-state index contributed by atoms with van der Waals surface area (Å²) in [5.74, 6) is 0.936. The Morgan fingerprint density at radius 1 is 1.00 bits per heavy atom. The van der Waals surface area contributed by atoms with Crippen LogP contribution in [-0.4, -0.2) is 48.5 Å². The van der Waals surface area contributed by atoms with Gasteiger partial charge in [-0.15, -0.1) is 0 Å². The fourth-order valence-electron chi connectivity index (χ4n) is 4.23. The second-order valence-electron chi connectivity index (χ2n) is 8.25. The van der Waals surface area contributed by atoms with E-state index in [1.54, 1.807) is 0 Å². The molecule has 2 aromatic rings. The first-order chi connectivity index (χ1) is 14.8. The van der Waals surface area contributed by atoms with Gasteiger partial charge in [0.1, 0.15) is 5.75 Å². The van der Waals surface area contributed by atoms with Gasteiger partial charge in [-0.25, -0.2) is 0 Å². The van der Waals surface area contributed by atoms with Gasteiger partial charge in [0, 0.05) is 38.6 Å². The van der Waals surface area contributed by atoms with Gasteiger partial charge in [-0.3, -0.25) is 9.69 Å². The van der Waals surface area contributed by atoms with E-state index in [4.69, 9.17) is 4.74 Å². The van der Waals surface area contributed by atoms with Crippen molar-refractivity contribution in [3.8, 4) is 5.75 Å². The van der Waals surface area contributed by atoms with Crippen LogP contribution in [0.25, 0.3) is 0 Å². The van der Waals surface area contributed by atoms with E-state index < -0.39 is 11.7 Å². The standard InChI is InChI=1S/C24H27F3N2O2/c1-2-31-20-9-3-17(4-10-20)16-28-11-13-29(14-12-28)23(30)22-15-21(22)18-5-7-19(8-6-18)24(25,26)27/h3-10,21-22H,2,11-16H2,1H3. The van der Waals surface area contributed by atoms with E-state index in [1.165, 1.54) is 17.7 Å². The van der Waals surface area contributed by atoms with Gasteiger partial charge in [0.25, 0.3) is 0 Å². The van der Waals surface area contributed by atoms with Crippen LogP contribution in [-0.2, 0) is 17.5 Å². The quantitative estimate of drug-likeness (QED) is 0.671. The van der Waals surface area contributed by atoms with E-state index in [0.29, 0.717) is 19.7 Å². The summed E-state index contributed by atoms with van der Waals surface area (Å²) in [6.07, 6.45) is -3.61. The summed E-state index contributed by atoms with van der Waals surface area (Å²) in [5, 5.41) is 0. The highest BCUT2D eigenvalue weighted by atomic mass is 19.4. The molecule has 1 saturated heterocycles. The minimum atomic E-state index is -4.33. The molecule has 0 aromatic heterocycles. The highest BCUT2D eigenvalue weighted by Gasteiger charge is 2.46. The van der Waals surface area contributed by atoms with Gasteiger partial charge in [0.05, 0.1) is 12.2 Å². The molecule has 1 heterocycles. The number of ether oxygens (including phenoxy) is 1. The van der Waals surface area contributed by atoms with Gasteiger partial charge >= 0.3 is 6.18 Å². The first kappa shape index (κ1) is 21.7. The number of nitrogens with zero attached hydrogens (tertiary/aromatic N) is 2. The summed E-state index contributed by atoms with van der Waals surface area (Å²) in [6.45, 7) is 6.45. The predicted molar refractivity (Wildman–Crippen MR) is 112 cm³/mol. The molecular weight excluding hydrogens is 405 g/mol. The third-order valence-corrected chi connectivity index (χ3v) is 6.10. The number of hydrogen-bond acceptors (Lipinski definition) is 3. The zero-order chi connectivity index (χ0) is 22.0. The van der Waals surface area contributed by atoms with Gasteiger partial charge < -0.3 is 9.64 Å². The minimum Gasteiger partial charge on any atom is -0.494 e. The molecule has 2 aliphatic rings. The largest absolute Gasteiger partial charge is 0.494 e. The van der Waals surface area contributed by atoms with Crippen LogP contribution in [0.2, 0.25) is 0 Å². The van der Waals surface area contributed by atoms with Crippen molar-refractivity contribution in [3.05, 3.63) is 65.2 Å². The molecule has 0 bridgehead atoms. The number of alkyl halides is 3. The Morgan fingerprint density at radius 2 is 1.65 bits per heavy atom. The predicted octanol–water partition coefficient (Wildman–Crippen LogP) is 4.55. The summed E-state index contributed by atoms with van der Waals surface area (Å²) in [6, 6.07) is 13.3. The van der Waals surface area contributed by atoms with Gasteiger partial charge in [-0.05, 0) is 54.7 Å². The van der Waals surface area contributed by atoms with Crippen molar-refractivity contribution in [1.29, 1.82) is 0 Å². The average molecular weight is 432 g/mol. The zero-order valence-corrected chi connectivity index (χ0v) is 17.6. The lowest BCUT2D eigenvalue weighted by Gasteiger charge is -2.35. The molecule has 0 radical (unpaired) electrons. The molecule has 2 atom stereocenters. The molecule has 1 aliphatic heterocycles. The molecule has 1 amide bonds. The van der Waals surface area contributed by atoms with Crippen LogP contribution in [0, 0.1) is 5.92 Å². The molecule has 31 heavy (non-hydrogen) atoms. The topological polar surface area (TPSA) is 32.8 Å². The first-order valence-electron chi connectivity index (χ1n) is 10.7. The number of halogens is 3. The number of piperazine rings is 1. The third kappa shape index (κ3) is 5.21. The second kappa shape index (κ2) is 8.91. The smallest absolute Gasteiger partial charge is 0.416 e. The van der Waals surface area contributed by atoms with Crippen molar-refractivity contribution in [2.75, 3.05) is 32.8 Å². The monoisotopic (exact) mass is 432 g/mol. The van der Waals surface area contributed by atoms with Crippen molar-refractivity contribution < 1.29 is 22.7 Å².